The van der Waals surface area contributed by atoms with E-state index in [9.17, 15) is 9.59 Å². The van der Waals surface area contributed by atoms with Gasteiger partial charge < -0.3 is 23.8 Å². The molecule has 0 bridgehead atoms. The lowest BCUT2D eigenvalue weighted by atomic mass is 10.1. The Labute approximate surface area is 184 Å². The topological polar surface area (TPSA) is 95.6 Å². The van der Waals surface area contributed by atoms with Crippen LogP contribution in [0.1, 0.15) is 27.4 Å². The number of amides is 1. The molecular weight excluding hydrogens is 410 g/mol. The van der Waals surface area contributed by atoms with Gasteiger partial charge in [0.05, 0.1) is 49.2 Å². The molecule has 0 spiro atoms. The first-order chi connectivity index (χ1) is 15.5. The maximum absolute atomic E-state index is 13.0. The van der Waals surface area contributed by atoms with Crippen LogP contribution in [0.3, 0.4) is 0 Å². The molecule has 32 heavy (non-hydrogen) atoms. The van der Waals surface area contributed by atoms with E-state index in [-0.39, 0.29) is 18.0 Å². The quantitative estimate of drug-likeness (QED) is 0.481. The monoisotopic (exact) mass is 433 g/mol. The van der Waals surface area contributed by atoms with E-state index in [0.717, 1.165) is 5.56 Å². The number of nitrogens with zero attached hydrogens (tertiary/aromatic N) is 2. The Morgan fingerprint density at radius 2 is 2.00 bits per heavy atom. The van der Waals surface area contributed by atoms with Gasteiger partial charge >= 0.3 is 0 Å². The first kappa shape index (κ1) is 21.2. The molecule has 3 heterocycles. The molecule has 4 rings (SSSR count). The van der Waals surface area contributed by atoms with Gasteiger partial charge in [-0.15, -0.1) is 0 Å². The summed E-state index contributed by atoms with van der Waals surface area (Å²) in [5.74, 6) is 1.62. The van der Waals surface area contributed by atoms with Crippen LogP contribution in [0.4, 0.5) is 0 Å². The van der Waals surface area contributed by atoms with Crippen molar-refractivity contribution in [3.8, 4) is 11.5 Å². The average Bonchev–Trinajstić information content (AvgIpc) is 3.32. The number of aryl methyl sites for hydroxylation is 1. The van der Waals surface area contributed by atoms with Gasteiger partial charge in [0.25, 0.3) is 11.5 Å². The van der Waals surface area contributed by atoms with E-state index >= 15 is 0 Å². The summed E-state index contributed by atoms with van der Waals surface area (Å²) in [5.41, 5.74) is 1.99. The fourth-order valence-corrected chi connectivity index (χ4v) is 3.50. The van der Waals surface area contributed by atoms with E-state index in [4.69, 9.17) is 13.9 Å². The van der Waals surface area contributed by atoms with Crippen LogP contribution in [0.15, 0.2) is 64.1 Å². The zero-order valence-corrected chi connectivity index (χ0v) is 18.0. The molecule has 3 aromatic heterocycles. The Bertz CT molecular complexity index is 1330. The Hall–Kier alpha value is -4.07. The molecule has 1 aromatic carbocycles. The normalized spacial score (nSPS) is 10.8. The number of hydrogen-bond acceptors (Lipinski definition) is 6. The fourth-order valence-electron chi connectivity index (χ4n) is 3.50. The molecule has 4 aromatic rings. The Kier molecular flexibility index (Phi) is 5.93. The largest absolute Gasteiger partial charge is 0.497 e. The molecule has 1 amide bonds. The van der Waals surface area contributed by atoms with Gasteiger partial charge in [-0.1, -0.05) is 0 Å². The highest BCUT2D eigenvalue weighted by atomic mass is 16.5. The summed E-state index contributed by atoms with van der Waals surface area (Å²) in [6, 6.07) is 12.3. The fraction of sp³-hybridized carbons (Fsp3) is 0.208. The van der Waals surface area contributed by atoms with E-state index in [1.807, 2.05) is 6.07 Å². The van der Waals surface area contributed by atoms with E-state index in [1.165, 1.54) is 4.57 Å². The van der Waals surface area contributed by atoms with Gasteiger partial charge in [-0.05, 0) is 43.3 Å². The molecule has 0 unspecified atom stereocenters. The highest BCUT2D eigenvalue weighted by Crippen LogP contribution is 2.24. The predicted molar refractivity (Wildman–Crippen MR) is 119 cm³/mol. The van der Waals surface area contributed by atoms with Gasteiger partial charge in [-0.2, -0.15) is 0 Å². The van der Waals surface area contributed by atoms with Crippen molar-refractivity contribution in [1.29, 1.82) is 0 Å². The minimum absolute atomic E-state index is 0.239. The Balaban J connectivity index is 1.60. The van der Waals surface area contributed by atoms with Crippen molar-refractivity contribution in [2.45, 2.75) is 20.0 Å². The number of pyridine rings is 2. The SMILES string of the molecule is COc1ccc(CNC(=O)c2cc3c(=O)n(Cc4ccco4)ccc3nc2C)c(OC)c1. The van der Waals surface area contributed by atoms with Gasteiger partial charge in [0.15, 0.2) is 0 Å². The smallest absolute Gasteiger partial charge is 0.260 e. The van der Waals surface area contributed by atoms with Crippen LogP contribution in [0, 0.1) is 6.92 Å². The van der Waals surface area contributed by atoms with Crippen molar-refractivity contribution >= 4 is 16.8 Å². The molecule has 8 nitrogen and oxygen atoms in total. The van der Waals surface area contributed by atoms with E-state index in [2.05, 4.69) is 10.3 Å². The second kappa shape index (κ2) is 8.97. The third-order valence-corrected chi connectivity index (χ3v) is 5.23. The molecule has 0 aliphatic rings. The van der Waals surface area contributed by atoms with Crippen molar-refractivity contribution in [3.05, 3.63) is 87.9 Å². The molecule has 0 aliphatic carbocycles. The zero-order valence-electron chi connectivity index (χ0n) is 18.0. The van der Waals surface area contributed by atoms with Crippen molar-refractivity contribution in [2.75, 3.05) is 14.2 Å². The second-order valence-electron chi connectivity index (χ2n) is 7.24. The minimum Gasteiger partial charge on any atom is -0.497 e. The van der Waals surface area contributed by atoms with Gasteiger partial charge in [0, 0.05) is 24.4 Å². The number of hydrogen-bond donors (Lipinski definition) is 1. The summed E-state index contributed by atoms with van der Waals surface area (Å²) in [4.78, 5) is 30.4. The molecule has 8 heteroatoms. The number of methoxy groups -OCH3 is 2. The molecule has 0 atom stereocenters. The van der Waals surface area contributed by atoms with Crippen molar-refractivity contribution in [2.24, 2.45) is 0 Å². The highest BCUT2D eigenvalue weighted by Gasteiger charge is 2.15. The summed E-state index contributed by atoms with van der Waals surface area (Å²) >= 11 is 0. The van der Waals surface area contributed by atoms with Gasteiger partial charge in [0.2, 0.25) is 0 Å². The molecule has 0 radical (unpaired) electrons. The first-order valence-electron chi connectivity index (χ1n) is 10.0. The zero-order chi connectivity index (χ0) is 22.7. The summed E-state index contributed by atoms with van der Waals surface area (Å²) in [6.45, 7) is 2.30. The van der Waals surface area contributed by atoms with E-state index < -0.39 is 0 Å². The second-order valence-corrected chi connectivity index (χ2v) is 7.24. The number of ether oxygens (including phenoxy) is 2. The maximum Gasteiger partial charge on any atom is 0.260 e. The predicted octanol–water partition coefficient (Wildman–Crippen LogP) is 3.29. The number of furan rings is 1. The number of carbonyl (C=O) groups excluding carboxylic acids is 1. The minimum atomic E-state index is -0.324. The van der Waals surface area contributed by atoms with E-state index in [1.54, 1.807) is 70.0 Å². The van der Waals surface area contributed by atoms with Crippen molar-refractivity contribution in [1.82, 2.24) is 14.9 Å². The van der Waals surface area contributed by atoms with Crippen LogP contribution in [-0.2, 0) is 13.1 Å². The highest BCUT2D eigenvalue weighted by molar-refractivity contribution is 5.98. The lowest BCUT2D eigenvalue weighted by molar-refractivity contribution is 0.0950. The Morgan fingerprint density at radius 3 is 2.72 bits per heavy atom. The Morgan fingerprint density at radius 1 is 1.16 bits per heavy atom. The number of carbonyl (C=O) groups is 1. The summed E-state index contributed by atoms with van der Waals surface area (Å²) in [6.07, 6.45) is 3.24. The van der Waals surface area contributed by atoms with Gasteiger partial charge in [-0.3, -0.25) is 14.6 Å². The molecule has 0 aliphatic heterocycles. The first-order valence-corrected chi connectivity index (χ1v) is 10.0. The summed E-state index contributed by atoms with van der Waals surface area (Å²) in [7, 11) is 3.14. The summed E-state index contributed by atoms with van der Waals surface area (Å²) < 4.78 is 17.5. The molecule has 0 fully saturated rings. The van der Waals surface area contributed by atoms with Crippen LogP contribution < -0.4 is 20.3 Å². The number of fused-ring (bicyclic) bond motifs is 1. The standard InChI is InChI=1S/C24H23N3O5/c1-15-19(23(28)25-13-16-6-7-17(30-2)11-22(16)31-3)12-20-21(26-15)8-9-27(24(20)29)14-18-5-4-10-32-18/h4-12H,13-14H2,1-3H3,(H,25,28). The lowest BCUT2D eigenvalue weighted by Gasteiger charge is -2.13. The molecule has 0 saturated heterocycles. The van der Waals surface area contributed by atoms with Crippen LogP contribution in [-0.4, -0.2) is 29.7 Å². The molecular formula is C24H23N3O5. The molecule has 1 N–H and O–H groups in total. The van der Waals surface area contributed by atoms with Crippen LogP contribution in [0.25, 0.3) is 10.9 Å². The van der Waals surface area contributed by atoms with Crippen LogP contribution in [0.5, 0.6) is 11.5 Å². The average molecular weight is 433 g/mol. The third-order valence-electron chi connectivity index (χ3n) is 5.23. The number of rotatable bonds is 7. The maximum atomic E-state index is 13.0. The number of benzene rings is 1. The molecule has 0 saturated carbocycles. The van der Waals surface area contributed by atoms with Gasteiger partial charge in [-0.25, -0.2) is 0 Å². The van der Waals surface area contributed by atoms with Crippen molar-refractivity contribution < 1.29 is 18.7 Å². The molecule has 164 valence electrons. The lowest BCUT2D eigenvalue weighted by Crippen LogP contribution is -2.25. The van der Waals surface area contributed by atoms with Crippen LogP contribution in [0.2, 0.25) is 0 Å². The third kappa shape index (κ3) is 4.20. The number of nitrogens with one attached hydrogen (secondary N) is 1. The number of aromatic nitrogens is 2. The van der Waals surface area contributed by atoms with Crippen LogP contribution >= 0.6 is 0 Å². The van der Waals surface area contributed by atoms with Gasteiger partial charge in [0.1, 0.15) is 17.3 Å². The van der Waals surface area contributed by atoms with E-state index in [0.29, 0.717) is 46.0 Å². The van der Waals surface area contributed by atoms with Crippen molar-refractivity contribution in [3.63, 3.8) is 0 Å². The summed E-state index contributed by atoms with van der Waals surface area (Å²) in [5, 5.41) is 3.25.